The van der Waals surface area contributed by atoms with Crippen LogP contribution >= 0.6 is 23.2 Å². The first kappa shape index (κ1) is 16.4. The summed E-state index contributed by atoms with van der Waals surface area (Å²) in [7, 11) is 0. The van der Waals surface area contributed by atoms with Crippen molar-refractivity contribution in [3.05, 3.63) is 70.2 Å². The van der Waals surface area contributed by atoms with Gasteiger partial charge in [-0.05, 0) is 31.2 Å². The molecule has 7 heteroatoms. The Morgan fingerprint density at radius 2 is 2.04 bits per heavy atom. The van der Waals surface area contributed by atoms with Gasteiger partial charge in [0, 0.05) is 11.8 Å². The maximum Gasteiger partial charge on any atom is 0.291 e. The molecular weight excluding hydrogens is 351 g/mol. The van der Waals surface area contributed by atoms with Crippen molar-refractivity contribution < 1.29 is 13.9 Å². The number of aromatic nitrogens is 1. The number of carbonyl (C=O) groups is 1. The Kier molecular flexibility index (Phi) is 4.74. The number of carbonyl (C=O) groups excluding carboxylic acids is 1. The van der Waals surface area contributed by atoms with Gasteiger partial charge < -0.3 is 14.5 Å². The van der Waals surface area contributed by atoms with Crippen molar-refractivity contribution in [3.8, 4) is 11.6 Å². The fourth-order valence-electron chi connectivity index (χ4n) is 2.02. The molecule has 0 aliphatic carbocycles. The van der Waals surface area contributed by atoms with Gasteiger partial charge in [-0.1, -0.05) is 35.3 Å². The molecule has 0 fully saturated rings. The quantitative estimate of drug-likeness (QED) is 0.680. The van der Waals surface area contributed by atoms with E-state index in [9.17, 15) is 4.79 Å². The van der Waals surface area contributed by atoms with Crippen molar-refractivity contribution in [3.63, 3.8) is 0 Å². The van der Waals surface area contributed by atoms with Crippen LogP contribution in [-0.4, -0.2) is 10.9 Å². The van der Waals surface area contributed by atoms with E-state index in [1.807, 2.05) is 0 Å². The van der Waals surface area contributed by atoms with E-state index < -0.39 is 0 Å². The zero-order valence-electron chi connectivity index (χ0n) is 12.5. The smallest absolute Gasteiger partial charge is 0.291 e. The van der Waals surface area contributed by atoms with Gasteiger partial charge >= 0.3 is 0 Å². The Balaban J connectivity index is 1.85. The molecule has 5 nitrogen and oxygen atoms in total. The molecular formula is C17H12Cl2N2O3. The second kappa shape index (κ2) is 6.95. The fourth-order valence-corrected chi connectivity index (χ4v) is 2.44. The van der Waals surface area contributed by atoms with Gasteiger partial charge in [0.25, 0.3) is 5.91 Å². The lowest BCUT2D eigenvalue weighted by molar-refractivity contribution is 0.0995. The first-order chi connectivity index (χ1) is 11.5. The second-order valence-electron chi connectivity index (χ2n) is 4.93. The molecule has 0 aliphatic rings. The molecule has 122 valence electrons. The van der Waals surface area contributed by atoms with Crippen molar-refractivity contribution >= 4 is 34.8 Å². The highest BCUT2D eigenvalue weighted by Gasteiger charge is 2.16. The number of pyridine rings is 1. The maximum atomic E-state index is 12.3. The van der Waals surface area contributed by atoms with Crippen LogP contribution in [0.15, 0.2) is 53.3 Å². The molecule has 2 heterocycles. The summed E-state index contributed by atoms with van der Waals surface area (Å²) in [5.41, 5.74) is 1.21. The maximum absolute atomic E-state index is 12.3. The third-order valence-electron chi connectivity index (χ3n) is 3.18. The Labute approximate surface area is 148 Å². The third-order valence-corrected chi connectivity index (χ3v) is 3.66. The Bertz CT molecular complexity index is 893. The van der Waals surface area contributed by atoms with Crippen molar-refractivity contribution in [1.29, 1.82) is 0 Å². The molecule has 0 aliphatic heterocycles. The average molecular weight is 363 g/mol. The number of benzene rings is 1. The number of hydrogen-bond acceptors (Lipinski definition) is 4. The molecule has 3 rings (SSSR count). The van der Waals surface area contributed by atoms with Gasteiger partial charge in [-0.3, -0.25) is 4.79 Å². The number of anilines is 1. The summed E-state index contributed by atoms with van der Waals surface area (Å²) < 4.78 is 10.9. The van der Waals surface area contributed by atoms with Crippen LogP contribution in [0.25, 0.3) is 0 Å². The lowest BCUT2D eigenvalue weighted by Gasteiger charge is -2.12. The van der Waals surface area contributed by atoms with Gasteiger partial charge in [-0.25, -0.2) is 4.98 Å². The van der Waals surface area contributed by atoms with E-state index in [4.69, 9.17) is 32.4 Å². The molecule has 1 amide bonds. The minimum atomic E-state index is -0.372. The van der Waals surface area contributed by atoms with Crippen LogP contribution in [-0.2, 0) is 0 Å². The van der Waals surface area contributed by atoms with Crippen molar-refractivity contribution in [2.45, 2.75) is 6.92 Å². The number of halogens is 2. The average Bonchev–Trinajstić information content (AvgIpc) is 2.98. The third kappa shape index (κ3) is 3.53. The van der Waals surface area contributed by atoms with E-state index in [1.54, 1.807) is 37.3 Å². The normalized spacial score (nSPS) is 10.5. The van der Waals surface area contributed by atoms with Gasteiger partial charge in [0.1, 0.15) is 5.02 Å². The molecule has 1 N–H and O–H groups in total. The molecule has 0 spiro atoms. The van der Waals surface area contributed by atoms with E-state index >= 15 is 0 Å². The summed E-state index contributed by atoms with van der Waals surface area (Å²) in [6.45, 7) is 1.79. The summed E-state index contributed by atoms with van der Waals surface area (Å²) in [4.78, 5) is 16.3. The van der Waals surface area contributed by atoms with Gasteiger partial charge in [0.15, 0.2) is 11.5 Å². The van der Waals surface area contributed by atoms with Crippen molar-refractivity contribution in [1.82, 2.24) is 4.98 Å². The number of rotatable bonds is 4. The summed E-state index contributed by atoms with van der Waals surface area (Å²) in [6.07, 6.45) is 2.89. The summed E-state index contributed by atoms with van der Waals surface area (Å²) in [5.74, 6) is 0.458. The number of nitrogens with zero attached hydrogens (tertiary/aromatic N) is 1. The minimum Gasteiger partial charge on any atom is -0.459 e. The molecule has 24 heavy (non-hydrogen) atoms. The highest BCUT2D eigenvalue weighted by molar-refractivity contribution is 6.35. The lowest BCUT2D eigenvalue weighted by Crippen LogP contribution is -2.12. The minimum absolute atomic E-state index is 0.192. The second-order valence-corrected chi connectivity index (χ2v) is 5.77. The first-order valence-electron chi connectivity index (χ1n) is 6.98. The topological polar surface area (TPSA) is 64.4 Å². The molecule has 0 atom stereocenters. The van der Waals surface area contributed by atoms with Gasteiger partial charge in [-0.15, -0.1) is 0 Å². The van der Waals surface area contributed by atoms with Crippen LogP contribution < -0.4 is 10.1 Å². The fraction of sp³-hybridized carbons (Fsp3) is 0.0588. The highest BCUT2D eigenvalue weighted by atomic mass is 35.5. The molecule has 2 aromatic heterocycles. The predicted molar refractivity (Wildman–Crippen MR) is 92.2 cm³/mol. The van der Waals surface area contributed by atoms with Crippen LogP contribution in [0, 0.1) is 6.92 Å². The summed E-state index contributed by atoms with van der Waals surface area (Å²) >= 11 is 11.9. The number of amides is 1. The summed E-state index contributed by atoms with van der Waals surface area (Å²) in [5, 5.41) is 3.42. The highest BCUT2D eigenvalue weighted by Crippen LogP contribution is 2.33. The molecule has 0 saturated heterocycles. The monoisotopic (exact) mass is 362 g/mol. The standard InChI is InChI=1S/C17H12Cl2N2O3/c1-10-6-7-23-15(10)16(22)21-13-4-2-3-5-14(13)24-17-12(19)8-11(18)9-20-17/h2-9H,1H3,(H,21,22). The molecule has 3 aromatic rings. The lowest BCUT2D eigenvalue weighted by atomic mass is 10.2. The van der Waals surface area contributed by atoms with Crippen molar-refractivity contribution in [2.75, 3.05) is 5.32 Å². The predicted octanol–water partition coefficient (Wildman–Crippen LogP) is 5.33. The molecule has 0 unspecified atom stereocenters. The Morgan fingerprint density at radius 1 is 1.25 bits per heavy atom. The van der Waals surface area contributed by atoms with Crippen LogP contribution in [0.2, 0.25) is 10.0 Å². The van der Waals surface area contributed by atoms with Gasteiger partial charge in [-0.2, -0.15) is 0 Å². The van der Waals surface area contributed by atoms with E-state index in [2.05, 4.69) is 10.3 Å². The zero-order valence-corrected chi connectivity index (χ0v) is 14.1. The van der Waals surface area contributed by atoms with E-state index in [0.29, 0.717) is 16.5 Å². The summed E-state index contributed by atoms with van der Waals surface area (Å²) in [6, 6.07) is 10.2. The van der Waals surface area contributed by atoms with E-state index in [-0.39, 0.29) is 22.6 Å². The van der Waals surface area contributed by atoms with Gasteiger partial charge in [0.2, 0.25) is 5.88 Å². The van der Waals surface area contributed by atoms with Crippen molar-refractivity contribution in [2.24, 2.45) is 0 Å². The number of aryl methyl sites for hydroxylation is 1. The van der Waals surface area contributed by atoms with Crippen LogP contribution in [0.1, 0.15) is 16.1 Å². The van der Waals surface area contributed by atoms with Crippen LogP contribution in [0.5, 0.6) is 11.6 Å². The number of para-hydroxylation sites is 2. The van der Waals surface area contributed by atoms with E-state index in [1.165, 1.54) is 18.5 Å². The SMILES string of the molecule is Cc1ccoc1C(=O)Nc1ccccc1Oc1ncc(Cl)cc1Cl. The molecule has 0 radical (unpaired) electrons. The Morgan fingerprint density at radius 3 is 2.75 bits per heavy atom. The number of furan rings is 1. The number of nitrogens with one attached hydrogen (secondary N) is 1. The largest absolute Gasteiger partial charge is 0.459 e. The first-order valence-corrected chi connectivity index (χ1v) is 7.73. The molecule has 0 bridgehead atoms. The number of ether oxygens (including phenoxy) is 1. The van der Waals surface area contributed by atoms with Gasteiger partial charge in [0.05, 0.1) is 17.0 Å². The van der Waals surface area contributed by atoms with Crippen LogP contribution in [0.3, 0.4) is 0 Å². The molecule has 1 aromatic carbocycles. The Hall–Kier alpha value is -2.50. The molecule has 0 saturated carbocycles. The van der Waals surface area contributed by atoms with E-state index in [0.717, 1.165) is 5.56 Å². The van der Waals surface area contributed by atoms with Crippen LogP contribution in [0.4, 0.5) is 5.69 Å². The number of hydrogen-bond donors (Lipinski definition) is 1. The zero-order chi connectivity index (χ0) is 17.1.